The van der Waals surface area contributed by atoms with Gasteiger partial charge in [0.15, 0.2) is 10.8 Å². The Morgan fingerprint density at radius 3 is 2.67 bits per heavy atom. The highest BCUT2D eigenvalue weighted by molar-refractivity contribution is 8.00. The second kappa shape index (κ2) is 9.99. The van der Waals surface area contributed by atoms with Gasteiger partial charge in [0.25, 0.3) is 11.8 Å². The van der Waals surface area contributed by atoms with E-state index < -0.39 is 35.2 Å². The van der Waals surface area contributed by atoms with Crippen molar-refractivity contribution in [3.05, 3.63) is 22.3 Å². The monoisotopic (exact) mass is 497 g/mol. The van der Waals surface area contributed by atoms with Crippen molar-refractivity contribution in [3.8, 4) is 0 Å². The van der Waals surface area contributed by atoms with Crippen molar-refractivity contribution in [2.45, 2.75) is 25.3 Å². The maximum absolute atomic E-state index is 12.8. The lowest BCUT2D eigenvalue weighted by Crippen LogP contribution is -2.71. The van der Waals surface area contributed by atoms with Crippen molar-refractivity contribution in [1.82, 2.24) is 15.2 Å². The number of hydrogen-bond acceptors (Lipinski definition) is 11. The Labute approximate surface area is 195 Å². The van der Waals surface area contributed by atoms with Crippen LogP contribution in [0.5, 0.6) is 0 Å². The Morgan fingerprint density at radius 1 is 1.33 bits per heavy atom. The van der Waals surface area contributed by atoms with E-state index >= 15 is 0 Å². The van der Waals surface area contributed by atoms with Gasteiger partial charge in [-0.25, -0.2) is 9.78 Å². The third-order valence-electron chi connectivity index (χ3n) is 4.41. The number of anilines is 1. The van der Waals surface area contributed by atoms with Crippen LogP contribution in [0.25, 0.3) is 0 Å². The normalized spacial score (nSPS) is 19.9. The van der Waals surface area contributed by atoms with Crippen LogP contribution in [0.1, 0.15) is 19.5 Å². The molecule has 0 unspecified atom stereocenters. The van der Waals surface area contributed by atoms with E-state index in [0.29, 0.717) is 0 Å². The number of thioether (sulfide) groups is 1. The Kier molecular flexibility index (Phi) is 7.33. The fourth-order valence-electron chi connectivity index (χ4n) is 3.08. The van der Waals surface area contributed by atoms with Crippen LogP contribution >= 0.6 is 23.1 Å². The number of carboxylic acids is 1. The molecule has 3 heterocycles. The average molecular weight is 498 g/mol. The number of oxime groups is 1. The lowest BCUT2D eigenvalue weighted by Gasteiger charge is -2.49. The summed E-state index contributed by atoms with van der Waals surface area (Å²) in [5, 5.41) is 19.4. The predicted molar refractivity (Wildman–Crippen MR) is 116 cm³/mol. The van der Waals surface area contributed by atoms with Crippen LogP contribution in [-0.2, 0) is 33.5 Å². The van der Waals surface area contributed by atoms with Crippen molar-refractivity contribution in [1.29, 1.82) is 0 Å². The molecular weight excluding hydrogens is 478 g/mol. The molecule has 33 heavy (non-hydrogen) atoms. The van der Waals surface area contributed by atoms with E-state index in [1.54, 1.807) is 0 Å². The minimum Gasteiger partial charge on any atom is -0.477 e. The fourth-order valence-corrected chi connectivity index (χ4v) is 5.15. The average Bonchev–Trinajstić information content (AvgIpc) is 3.20. The van der Waals surface area contributed by atoms with Gasteiger partial charge in [-0.3, -0.25) is 24.1 Å². The number of nitrogens with zero attached hydrogens (tertiary/aromatic N) is 3. The van der Waals surface area contributed by atoms with E-state index in [1.807, 2.05) is 0 Å². The fraction of sp³-hybridized carbons (Fsp3) is 0.389. The lowest BCUT2D eigenvalue weighted by atomic mass is 10.0. The largest absolute Gasteiger partial charge is 0.477 e. The number of thiazole rings is 1. The molecule has 1 saturated heterocycles. The zero-order valence-corrected chi connectivity index (χ0v) is 19.2. The molecule has 2 aliphatic heterocycles. The molecule has 13 nitrogen and oxygen atoms in total. The molecule has 0 spiro atoms. The smallest absolute Gasteiger partial charge is 0.352 e. The van der Waals surface area contributed by atoms with Gasteiger partial charge in [-0.15, -0.1) is 23.1 Å². The summed E-state index contributed by atoms with van der Waals surface area (Å²) in [7, 11) is 1.23. The van der Waals surface area contributed by atoms with E-state index in [0.717, 1.165) is 16.2 Å². The molecule has 3 N–H and O–H groups in total. The van der Waals surface area contributed by atoms with Gasteiger partial charge in [0.05, 0.1) is 0 Å². The number of aromatic nitrogens is 1. The number of nitrogens with one attached hydrogen (secondary N) is 2. The zero-order valence-electron chi connectivity index (χ0n) is 17.6. The molecule has 15 heteroatoms. The summed E-state index contributed by atoms with van der Waals surface area (Å²) in [4.78, 5) is 69.5. The number of β-lactam (4-membered cyclic amide) rings is 1. The van der Waals surface area contributed by atoms with E-state index in [4.69, 9.17) is 9.57 Å². The number of rotatable bonds is 8. The molecule has 2 aliphatic rings. The van der Waals surface area contributed by atoms with E-state index in [1.165, 1.54) is 38.1 Å². The van der Waals surface area contributed by atoms with E-state index in [2.05, 4.69) is 20.8 Å². The van der Waals surface area contributed by atoms with Gasteiger partial charge in [0, 0.05) is 30.6 Å². The van der Waals surface area contributed by atoms with Gasteiger partial charge in [-0.1, -0.05) is 5.16 Å². The highest BCUT2D eigenvalue weighted by Gasteiger charge is 2.54. The van der Waals surface area contributed by atoms with E-state index in [9.17, 15) is 29.1 Å². The number of fused-ring (bicyclic) bond motifs is 1. The van der Waals surface area contributed by atoms with Crippen LogP contribution in [0, 0.1) is 0 Å². The van der Waals surface area contributed by atoms with Crippen molar-refractivity contribution < 1.29 is 38.7 Å². The molecule has 1 aromatic heterocycles. The number of carbonyl (C=O) groups is 5. The molecule has 0 bridgehead atoms. The lowest BCUT2D eigenvalue weighted by molar-refractivity contribution is -0.150. The van der Waals surface area contributed by atoms with Crippen LogP contribution in [0.15, 0.2) is 21.8 Å². The second-order valence-electron chi connectivity index (χ2n) is 6.74. The molecular formula is C18H19N5O8S2. The van der Waals surface area contributed by atoms with Crippen LogP contribution in [-0.4, -0.2) is 81.2 Å². The first-order valence-electron chi connectivity index (χ1n) is 9.32. The van der Waals surface area contributed by atoms with Gasteiger partial charge in [0.1, 0.15) is 36.5 Å². The summed E-state index contributed by atoms with van der Waals surface area (Å²) in [6, 6.07) is -1.01. The van der Waals surface area contributed by atoms with Crippen molar-refractivity contribution in [2.24, 2.45) is 5.16 Å². The summed E-state index contributed by atoms with van der Waals surface area (Å²) in [5.41, 5.74) is -0.0767. The predicted octanol–water partition coefficient (Wildman–Crippen LogP) is -0.246. The Bertz CT molecular complexity index is 1080. The standard InChI is InChI=1S/C18H19N5O8S2/c1-7(24)19-18-20-10(6-33-18)11(22-30-3)14(26)21-12-15(27)23-13(17(28)29)9(4-31-8(2)25)5-32-16(12)23/h6,12,16H,4-5H2,1-3H3,(H,21,26)(H,28,29)(H,19,20,24)/t12-,16+/m0/s1. The minimum atomic E-state index is -1.34. The molecule has 3 rings (SSSR count). The van der Waals surface area contributed by atoms with Crippen LogP contribution in [0.2, 0.25) is 0 Å². The minimum absolute atomic E-state index is 0.123. The first kappa shape index (κ1) is 24.2. The van der Waals surface area contributed by atoms with Crippen LogP contribution in [0.4, 0.5) is 5.13 Å². The second-order valence-corrected chi connectivity index (χ2v) is 8.70. The Hall–Kier alpha value is -3.46. The number of hydrogen-bond donors (Lipinski definition) is 3. The first-order valence-corrected chi connectivity index (χ1v) is 11.3. The third kappa shape index (κ3) is 5.14. The summed E-state index contributed by atoms with van der Waals surface area (Å²) in [6.45, 7) is 2.26. The molecule has 3 amide bonds. The highest BCUT2D eigenvalue weighted by Crippen LogP contribution is 2.40. The Morgan fingerprint density at radius 2 is 2.06 bits per heavy atom. The van der Waals surface area contributed by atoms with Gasteiger partial charge in [-0.2, -0.15) is 0 Å². The molecule has 176 valence electrons. The van der Waals surface area contributed by atoms with E-state index in [-0.39, 0.29) is 46.1 Å². The molecule has 2 atom stereocenters. The third-order valence-corrected chi connectivity index (χ3v) is 6.51. The number of ether oxygens (including phenoxy) is 1. The molecule has 1 aromatic rings. The number of amides is 3. The topological polar surface area (TPSA) is 177 Å². The van der Waals surface area contributed by atoms with Crippen molar-refractivity contribution in [3.63, 3.8) is 0 Å². The molecule has 0 radical (unpaired) electrons. The van der Waals surface area contributed by atoms with Crippen molar-refractivity contribution >= 4 is 63.6 Å². The number of aliphatic carboxylic acids is 1. The number of esters is 1. The van der Waals surface area contributed by atoms with Gasteiger partial charge in [-0.05, 0) is 0 Å². The number of carboxylic acid groups (broad SMARTS) is 1. The molecule has 0 saturated carbocycles. The molecule has 0 aromatic carbocycles. The summed E-state index contributed by atoms with van der Waals surface area (Å²) >= 11 is 2.30. The maximum atomic E-state index is 12.8. The maximum Gasteiger partial charge on any atom is 0.352 e. The molecule has 1 fully saturated rings. The van der Waals surface area contributed by atoms with Gasteiger partial charge in [0.2, 0.25) is 5.91 Å². The SMILES string of the molecule is CON=C(C(=O)N[C@H]1C(=O)N2C(C(=O)O)=C(COC(C)=O)CS[C@H]12)c1csc(NC(C)=O)n1. The summed E-state index contributed by atoms with van der Waals surface area (Å²) in [6.07, 6.45) is 0. The summed E-state index contributed by atoms with van der Waals surface area (Å²) in [5.74, 6) is -3.45. The summed E-state index contributed by atoms with van der Waals surface area (Å²) < 4.78 is 4.89. The first-order chi connectivity index (χ1) is 15.6. The number of carbonyl (C=O) groups excluding carboxylic acids is 4. The Balaban J connectivity index is 1.76. The van der Waals surface area contributed by atoms with Crippen LogP contribution < -0.4 is 10.6 Å². The van der Waals surface area contributed by atoms with Crippen molar-refractivity contribution in [2.75, 3.05) is 24.8 Å². The zero-order chi connectivity index (χ0) is 24.3. The van der Waals surface area contributed by atoms with Gasteiger partial charge < -0.3 is 25.3 Å². The highest BCUT2D eigenvalue weighted by atomic mass is 32.2. The van der Waals surface area contributed by atoms with Crippen LogP contribution in [0.3, 0.4) is 0 Å². The molecule has 0 aliphatic carbocycles. The van der Waals surface area contributed by atoms with Gasteiger partial charge >= 0.3 is 11.9 Å². The quantitative estimate of drug-likeness (QED) is 0.188.